The van der Waals surface area contributed by atoms with Crippen LogP contribution in [-0.2, 0) is 0 Å². The molecule has 0 radical (unpaired) electrons. The van der Waals surface area contributed by atoms with E-state index in [1.165, 1.54) is 0 Å². The maximum Gasteiger partial charge on any atom is 0.136 e. The summed E-state index contributed by atoms with van der Waals surface area (Å²) in [6.07, 6.45) is 0. The number of furan rings is 1. The Labute approximate surface area is 319 Å². The summed E-state index contributed by atoms with van der Waals surface area (Å²) in [6, 6.07) is 69.7. The smallest absolute Gasteiger partial charge is 0.136 e. The molecule has 55 heavy (non-hydrogen) atoms. The first-order valence-electron chi connectivity index (χ1n) is 18.5. The fourth-order valence-corrected chi connectivity index (χ4v) is 7.95. The molecule has 2 heterocycles. The summed E-state index contributed by atoms with van der Waals surface area (Å²) in [5, 5.41) is 16.5. The first kappa shape index (κ1) is 32.2. The van der Waals surface area contributed by atoms with Crippen LogP contribution in [0.2, 0.25) is 0 Å². The number of fused-ring (bicyclic) bond motifs is 3. The number of hydrogen-bond acceptors (Lipinski definition) is 4. The molecule has 0 spiro atoms. The molecule has 0 amide bonds. The van der Waals surface area contributed by atoms with E-state index in [1.807, 2.05) is 24.3 Å². The Balaban J connectivity index is 1.37. The van der Waals surface area contributed by atoms with Gasteiger partial charge in [0.15, 0.2) is 0 Å². The van der Waals surface area contributed by atoms with Crippen LogP contribution in [-0.4, -0.2) is 15.4 Å². The lowest BCUT2D eigenvalue weighted by Crippen LogP contribution is -2.03. The fraction of sp³-hybridized carbons (Fsp3) is 0. The van der Waals surface area contributed by atoms with Crippen LogP contribution in [0.4, 0.5) is 0 Å². The summed E-state index contributed by atoms with van der Waals surface area (Å²) in [5.41, 5.74) is 15.7. The van der Waals surface area contributed by atoms with Crippen molar-refractivity contribution < 1.29 is 4.42 Å². The summed E-state index contributed by atoms with van der Waals surface area (Å²) in [5.74, 6) is 0. The van der Waals surface area contributed by atoms with Gasteiger partial charge in [0.25, 0.3) is 0 Å². The number of nitrogens with zero attached hydrogens (tertiary/aromatic N) is 3. The average molecular weight is 704 g/mol. The first-order valence-corrected chi connectivity index (χ1v) is 18.5. The highest BCUT2D eigenvalue weighted by molar-refractivity contribution is 6.19. The normalized spacial score (nSPS) is 11.3. The molecular weight excluding hydrogens is 671 g/mol. The van der Waals surface area contributed by atoms with Crippen LogP contribution >= 0.6 is 0 Å². The molecule has 0 aliphatic rings. The van der Waals surface area contributed by atoms with E-state index in [9.17, 15) is 0 Å². The second-order valence-electron chi connectivity index (χ2n) is 13.6. The van der Waals surface area contributed by atoms with Crippen molar-refractivity contribution in [3.63, 3.8) is 0 Å². The average Bonchev–Trinajstić information content (AvgIpc) is 3.66. The minimum absolute atomic E-state index is 0.746. The third-order valence-corrected chi connectivity index (χ3v) is 10.4. The van der Waals surface area contributed by atoms with Gasteiger partial charge in [0.05, 0.1) is 0 Å². The monoisotopic (exact) mass is 703 g/mol. The van der Waals surface area contributed by atoms with E-state index >= 15 is 0 Å². The van der Waals surface area contributed by atoms with Crippen molar-refractivity contribution in [1.29, 1.82) is 0 Å². The Hall–Kier alpha value is -7.43. The zero-order chi connectivity index (χ0) is 36.6. The van der Waals surface area contributed by atoms with Crippen molar-refractivity contribution in [2.24, 2.45) is 0 Å². The third kappa shape index (κ3) is 5.68. The van der Waals surface area contributed by atoms with Crippen LogP contribution in [0.3, 0.4) is 0 Å². The molecule has 4 heteroatoms. The Kier molecular flexibility index (Phi) is 8.12. The molecular formula is C51H33N3O. The molecule has 0 N–H and O–H groups in total. The van der Waals surface area contributed by atoms with Crippen molar-refractivity contribution in [1.82, 2.24) is 15.4 Å². The molecule has 0 aliphatic heterocycles. The van der Waals surface area contributed by atoms with Crippen LogP contribution < -0.4 is 0 Å². The predicted molar refractivity (Wildman–Crippen MR) is 225 cm³/mol. The van der Waals surface area contributed by atoms with Gasteiger partial charge in [-0.05, 0) is 56.3 Å². The minimum Gasteiger partial charge on any atom is -0.456 e. The molecule has 0 aliphatic carbocycles. The summed E-state index contributed by atoms with van der Waals surface area (Å²) in [4.78, 5) is 0. The zero-order valence-electron chi connectivity index (χ0n) is 29.8. The van der Waals surface area contributed by atoms with Crippen LogP contribution in [0.1, 0.15) is 0 Å². The van der Waals surface area contributed by atoms with E-state index in [0.29, 0.717) is 0 Å². The molecule has 0 saturated carbocycles. The largest absolute Gasteiger partial charge is 0.456 e. The molecule has 0 atom stereocenters. The molecule has 4 nitrogen and oxygen atoms in total. The van der Waals surface area contributed by atoms with Crippen molar-refractivity contribution >= 4 is 21.9 Å². The second-order valence-corrected chi connectivity index (χ2v) is 13.6. The van der Waals surface area contributed by atoms with Gasteiger partial charge < -0.3 is 4.42 Å². The summed E-state index contributed by atoms with van der Waals surface area (Å²) >= 11 is 0. The Morgan fingerprint density at radius 1 is 0.291 bits per heavy atom. The molecule has 0 saturated heterocycles. The van der Waals surface area contributed by atoms with Gasteiger partial charge in [0, 0.05) is 38.6 Å². The molecule has 0 bridgehead atoms. The molecule has 0 fully saturated rings. The highest BCUT2D eigenvalue weighted by atomic mass is 16.3. The van der Waals surface area contributed by atoms with Crippen molar-refractivity contribution in [2.45, 2.75) is 0 Å². The summed E-state index contributed by atoms with van der Waals surface area (Å²) in [7, 11) is 0. The molecule has 258 valence electrons. The minimum atomic E-state index is 0.746. The first-order chi connectivity index (χ1) is 27.3. The highest BCUT2D eigenvalue weighted by Crippen LogP contribution is 2.51. The van der Waals surface area contributed by atoms with Crippen molar-refractivity contribution in [2.75, 3.05) is 0 Å². The highest BCUT2D eigenvalue weighted by Gasteiger charge is 2.27. The molecule has 8 aromatic carbocycles. The lowest BCUT2D eigenvalue weighted by Gasteiger charge is -2.22. The number of benzene rings is 8. The predicted octanol–water partition coefficient (Wildman–Crippen LogP) is 13.4. The molecule has 10 rings (SSSR count). The maximum absolute atomic E-state index is 6.58. The van der Waals surface area contributed by atoms with Gasteiger partial charge in [0.2, 0.25) is 0 Å². The quantitative estimate of drug-likeness (QED) is 0.166. The van der Waals surface area contributed by atoms with E-state index in [0.717, 1.165) is 100 Å². The van der Waals surface area contributed by atoms with E-state index in [1.54, 1.807) is 0 Å². The number of rotatable bonds is 7. The van der Waals surface area contributed by atoms with Gasteiger partial charge >= 0.3 is 0 Å². The van der Waals surface area contributed by atoms with Crippen LogP contribution in [0.15, 0.2) is 205 Å². The SMILES string of the molecule is c1ccc(-c2ccccc2-c2nnnc(-c3cccc(-c4ccccc4)c3-c3c(-c4ccccc4)ccc4oc5ccccc5c34)c2-c2ccccc2)cc1. The zero-order valence-corrected chi connectivity index (χ0v) is 29.8. The molecule has 2 aromatic heterocycles. The van der Waals surface area contributed by atoms with E-state index in [2.05, 4.69) is 181 Å². The summed E-state index contributed by atoms with van der Waals surface area (Å²) in [6.45, 7) is 0. The van der Waals surface area contributed by atoms with Crippen LogP contribution in [0, 0.1) is 0 Å². The third-order valence-electron chi connectivity index (χ3n) is 10.4. The topological polar surface area (TPSA) is 51.8 Å². The second kappa shape index (κ2) is 13.8. The fourth-order valence-electron chi connectivity index (χ4n) is 7.95. The Bertz CT molecular complexity index is 2960. The van der Waals surface area contributed by atoms with Crippen LogP contribution in [0.5, 0.6) is 0 Å². The van der Waals surface area contributed by atoms with Gasteiger partial charge in [-0.1, -0.05) is 188 Å². The van der Waals surface area contributed by atoms with Gasteiger partial charge in [-0.2, -0.15) is 0 Å². The summed E-state index contributed by atoms with van der Waals surface area (Å²) < 4.78 is 6.58. The van der Waals surface area contributed by atoms with E-state index in [4.69, 9.17) is 14.6 Å². The molecule has 10 aromatic rings. The Morgan fingerprint density at radius 2 is 0.764 bits per heavy atom. The number of aromatic nitrogens is 3. The maximum atomic E-state index is 6.58. The number of para-hydroxylation sites is 1. The van der Waals surface area contributed by atoms with E-state index in [-0.39, 0.29) is 0 Å². The van der Waals surface area contributed by atoms with Gasteiger partial charge in [-0.3, -0.25) is 0 Å². The Morgan fingerprint density at radius 3 is 1.42 bits per heavy atom. The van der Waals surface area contributed by atoms with Crippen molar-refractivity contribution in [3.05, 3.63) is 200 Å². The van der Waals surface area contributed by atoms with Gasteiger partial charge in [0.1, 0.15) is 22.6 Å². The van der Waals surface area contributed by atoms with Crippen molar-refractivity contribution in [3.8, 4) is 78.1 Å². The number of hydrogen-bond donors (Lipinski definition) is 0. The van der Waals surface area contributed by atoms with Gasteiger partial charge in [-0.15, -0.1) is 10.2 Å². The molecule has 0 unspecified atom stereocenters. The lowest BCUT2D eigenvalue weighted by atomic mass is 9.82. The lowest BCUT2D eigenvalue weighted by molar-refractivity contribution is 0.669. The van der Waals surface area contributed by atoms with Gasteiger partial charge in [-0.25, -0.2) is 0 Å². The van der Waals surface area contributed by atoms with Crippen LogP contribution in [0.25, 0.3) is 100 Å². The van der Waals surface area contributed by atoms with E-state index < -0.39 is 0 Å². The standard InChI is InChI=1S/C51H33N3O/c1-5-18-34(19-6-1)38-26-13-14-27-41(38)50-46(37-24-11-4-12-25-37)51(53-54-52-50)43-30-17-29-39(35-20-7-2-8-21-35)47(43)49-40(36-22-9-3-10-23-36)32-33-45-48(49)42-28-15-16-31-44(42)55-45/h1-33H.